The molecule has 142 valence electrons. The first-order valence-electron chi connectivity index (χ1n) is 10.0. The van der Waals surface area contributed by atoms with Gasteiger partial charge >= 0.3 is 0 Å². The van der Waals surface area contributed by atoms with Crippen LogP contribution in [0.3, 0.4) is 0 Å². The van der Waals surface area contributed by atoms with Crippen molar-refractivity contribution in [1.29, 1.82) is 0 Å². The topological polar surface area (TPSA) is 3.24 Å². The maximum Gasteiger partial charge on any atom is 0.0458 e. The quantitative estimate of drug-likeness (QED) is 0.329. The number of hydrogen-bond donors (Lipinski definition) is 0. The Balaban J connectivity index is 1.65. The van der Waals surface area contributed by atoms with E-state index in [4.69, 9.17) is 0 Å². The highest BCUT2D eigenvalue weighted by atomic mass is 15.1. The Morgan fingerprint density at radius 3 is 1.24 bits per heavy atom. The van der Waals surface area contributed by atoms with Crippen molar-refractivity contribution in [3.63, 3.8) is 0 Å². The highest BCUT2D eigenvalue weighted by molar-refractivity contribution is 5.74. The van der Waals surface area contributed by atoms with Gasteiger partial charge in [-0.1, -0.05) is 98.4 Å². The highest BCUT2D eigenvalue weighted by Crippen LogP contribution is 2.33. The average Bonchev–Trinajstić information content (AvgIpc) is 2.81. The summed E-state index contributed by atoms with van der Waals surface area (Å²) in [5, 5.41) is 0. The predicted octanol–water partition coefficient (Wildman–Crippen LogP) is 8.08. The number of anilines is 2. The Kier molecular flexibility index (Phi) is 5.58. The molecule has 0 fully saturated rings. The van der Waals surface area contributed by atoms with Gasteiger partial charge in [0.2, 0.25) is 0 Å². The first-order valence-corrected chi connectivity index (χ1v) is 10.0. The summed E-state index contributed by atoms with van der Waals surface area (Å²) in [5.41, 5.74) is 8.23. The first kappa shape index (κ1) is 18.8. The minimum Gasteiger partial charge on any atom is -0.315 e. The van der Waals surface area contributed by atoms with Crippen LogP contribution in [0.5, 0.6) is 0 Å². The van der Waals surface area contributed by atoms with E-state index < -0.39 is 0 Å². The average molecular weight is 376 g/mol. The van der Waals surface area contributed by atoms with Gasteiger partial charge in [-0.25, -0.2) is 0 Å². The second kappa shape index (κ2) is 8.62. The van der Waals surface area contributed by atoms with Gasteiger partial charge in [0.25, 0.3) is 0 Å². The zero-order valence-corrected chi connectivity index (χ0v) is 16.8. The molecule has 0 spiro atoms. The van der Waals surface area contributed by atoms with Gasteiger partial charge in [0.1, 0.15) is 0 Å². The van der Waals surface area contributed by atoms with E-state index >= 15 is 0 Å². The standard InChI is InChI=1S/C28H25N/c1-3-22(2)29(27-18-14-25(15-19-27)23-10-6-4-7-11-23)28-20-16-26(17-21-28)24-12-8-5-9-13-24/h4-21H,2-3H2,1H3. The van der Waals surface area contributed by atoms with E-state index in [0.29, 0.717) is 0 Å². The Bertz CT molecular complexity index is 980. The summed E-state index contributed by atoms with van der Waals surface area (Å²) in [6, 6.07) is 38.4. The van der Waals surface area contributed by atoms with Crippen molar-refractivity contribution < 1.29 is 0 Å². The smallest absolute Gasteiger partial charge is 0.0458 e. The van der Waals surface area contributed by atoms with Gasteiger partial charge in [-0.15, -0.1) is 0 Å². The lowest BCUT2D eigenvalue weighted by Crippen LogP contribution is -2.14. The summed E-state index contributed by atoms with van der Waals surface area (Å²) >= 11 is 0. The summed E-state index contributed by atoms with van der Waals surface area (Å²) in [6.45, 7) is 6.46. The fourth-order valence-corrected chi connectivity index (χ4v) is 3.54. The van der Waals surface area contributed by atoms with Crippen LogP contribution in [-0.2, 0) is 0 Å². The molecular formula is C28H25N. The molecule has 0 heterocycles. The first-order chi connectivity index (χ1) is 14.3. The Hall–Kier alpha value is -3.58. The van der Waals surface area contributed by atoms with Crippen molar-refractivity contribution in [2.24, 2.45) is 0 Å². The van der Waals surface area contributed by atoms with Gasteiger partial charge < -0.3 is 4.90 Å². The number of nitrogens with zero attached hydrogens (tertiary/aromatic N) is 1. The molecule has 29 heavy (non-hydrogen) atoms. The fraction of sp³-hybridized carbons (Fsp3) is 0.0714. The lowest BCUT2D eigenvalue weighted by atomic mass is 10.0. The van der Waals surface area contributed by atoms with Crippen LogP contribution in [0.4, 0.5) is 11.4 Å². The third-order valence-corrected chi connectivity index (χ3v) is 5.19. The number of hydrogen-bond acceptors (Lipinski definition) is 1. The van der Waals surface area contributed by atoms with E-state index in [9.17, 15) is 0 Å². The van der Waals surface area contributed by atoms with Crippen molar-refractivity contribution >= 4 is 11.4 Å². The molecule has 0 N–H and O–H groups in total. The molecule has 4 rings (SSSR count). The zero-order chi connectivity index (χ0) is 20.1. The van der Waals surface area contributed by atoms with E-state index in [0.717, 1.165) is 23.5 Å². The largest absolute Gasteiger partial charge is 0.315 e. The van der Waals surface area contributed by atoms with Crippen molar-refractivity contribution in [1.82, 2.24) is 0 Å². The van der Waals surface area contributed by atoms with Gasteiger partial charge in [-0.3, -0.25) is 0 Å². The van der Waals surface area contributed by atoms with Crippen LogP contribution in [0.2, 0.25) is 0 Å². The van der Waals surface area contributed by atoms with Crippen LogP contribution >= 0.6 is 0 Å². The molecule has 0 amide bonds. The van der Waals surface area contributed by atoms with Crippen molar-refractivity contribution in [2.45, 2.75) is 13.3 Å². The van der Waals surface area contributed by atoms with Crippen LogP contribution in [0.1, 0.15) is 13.3 Å². The van der Waals surface area contributed by atoms with E-state index in [1.54, 1.807) is 0 Å². The van der Waals surface area contributed by atoms with Crippen LogP contribution in [0.25, 0.3) is 22.3 Å². The summed E-state index contributed by atoms with van der Waals surface area (Å²) in [7, 11) is 0. The normalized spacial score (nSPS) is 10.5. The van der Waals surface area contributed by atoms with E-state index in [1.807, 2.05) is 12.1 Å². The van der Waals surface area contributed by atoms with E-state index in [1.165, 1.54) is 22.3 Å². The Morgan fingerprint density at radius 1 is 0.552 bits per heavy atom. The molecule has 0 radical (unpaired) electrons. The van der Waals surface area contributed by atoms with Crippen LogP contribution < -0.4 is 4.90 Å². The second-order valence-corrected chi connectivity index (χ2v) is 7.08. The van der Waals surface area contributed by atoms with E-state index in [2.05, 4.69) is 115 Å². The third-order valence-electron chi connectivity index (χ3n) is 5.19. The number of allylic oxidation sites excluding steroid dienone is 1. The van der Waals surface area contributed by atoms with Crippen molar-refractivity contribution in [3.8, 4) is 22.3 Å². The molecule has 1 nitrogen and oxygen atoms in total. The Labute approximate surface area is 173 Å². The maximum atomic E-state index is 4.31. The van der Waals surface area contributed by atoms with Gasteiger partial charge in [-0.05, 0) is 52.9 Å². The van der Waals surface area contributed by atoms with Gasteiger partial charge in [0, 0.05) is 17.1 Å². The minimum atomic E-state index is 0.890. The zero-order valence-electron chi connectivity index (χ0n) is 16.8. The summed E-state index contributed by atoms with van der Waals surface area (Å²) in [6.07, 6.45) is 0.890. The molecule has 0 saturated heterocycles. The van der Waals surface area contributed by atoms with Crippen LogP contribution in [0, 0.1) is 0 Å². The van der Waals surface area contributed by atoms with Gasteiger partial charge in [0.15, 0.2) is 0 Å². The summed E-state index contributed by atoms with van der Waals surface area (Å²) in [5.74, 6) is 0. The number of benzene rings is 4. The molecule has 0 aromatic heterocycles. The predicted molar refractivity (Wildman–Crippen MR) is 125 cm³/mol. The molecule has 0 saturated carbocycles. The fourth-order valence-electron chi connectivity index (χ4n) is 3.54. The SMILES string of the molecule is C=C(CC)N(c1ccc(-c2ccccc2)cc1)c1ccc(-c2ccccc2)cc1. The van der Waals surface area contributed by atoms with E-state index in [-0.39, 0.29) is 0 Å². The summed E-state index contributed by atoms with van der Waals surface area (Å²) in [4.78, 5) is 2.24. The van der Waals surface area contributed by atoms with Crippen molar-refractivity contribution in [3.05, 3.63) is 121 Å². The maximum absolute atomic E-state index is 4.31. The van der Waals surface area contributed by atoms with Crippen LogP contribution in [0.15, 0.2) is 121 Å². The molecule has 0 bridgehead atoms. The molecule has 0 aliphatic carbocycles. The molecule has 1 heteroatoms. The van der Waals surface area contributed by atoms with Gasteiger partial charge in [0.05, 0.1) is 0 Å². The lowest BCUT2D eigenvalue weighted by molar-refractivity contribution is 1.02. The molecular weight excluding hydrogens is 350 g/mol. The van der Waals surface area contributed by atoms with Crippen LogP contribution in [-0.4, -0.2) is 0 Å². The molecule has 0 unspecified atom stereocenters. The molecule has 4 aromatic rings. The molecule has 0 atom stereocenters. The van der Waals surface area contributed by atoms with Crippen molar-refractivity contribution in [2.75, 3.05) is 4.90 Å². The van der Waals surface area contributed by atoms with Gasteiger partial charge in [-0.2, -0.15) is 0 Å². The molecule has 0 aliphatic rings. The Morgan fingerprint density at radius 2 is 0.897 bits per heavy atom. The summed E-state index contributed by atoms with van der Waals surface area (Å²) < 4.78 is 0. The monoisotopic (exact) mass is 375 g/mol. The molecule has 0 aliphatic heterocycles. The third kappa shape index (κ3) is 4.14. The second-order valence-electron chi connectivity index (χ2n) is 7.08. The molecule has 4 aromatic carbocycles. The lowest BCUT2D eigenvalue weighted by Gasteiger charge is -2.27. The minimum absolute atomic E-state index is 0.890. The highest BCUT2D eigenvalue weighted by Gasteiger charge is 2.12. The number of rotatable bonds is 6.